The van der Waals surface area contributed by atoms with Crippen LogP contribution in [-0.4, -0.2) is 26.2 Å². The van der Waals surface area contributed by atoms with Gasteiger partial charge in [0.25, 0.3) is 0 Å². The van der Waals surface area contributed by atoms with Crippen molar-refractivity contribution in [1.29, 1.82) is 0 Å². The first-order valence-corrected chi connectivity index (χ1v) is 5.23. The summed E-state index contributed by atoms with van der Waals surface area (Å²) >= 11 is -1.69. The zero-order chi connectivity index (χ0) is 7.90. The van der Waals surface area contributed by atoms with Crippen molar-refractivity contribution in [2.24, 2.45) is 0 Å². The fraction of sp³-hybridized carbons (Fsp3) is 1.00. The second-order valence-electron chi connectivity index (χ2n) is 3.47. The van der Waals surface area contributed by atoms with E-state index in [1.165, 1.54) is 0 Å². The molecule has 0 aliphatic carbocycles. The normalized spacial score (nSPS) is 44.6. The van der Waals surface area contributed by atoms with Crippen LogP contribution in [0.15, 0.2) is 0 Å². The zero-order valence-corrected chi connectivity index (χ0v) is 7.10. The first-order valence-electron chi connectivity index (χ1n) is 3.95. The molecule has 0 radical (unpaired) electrons. The number of fused-ring (bicyclic) bond motifs is 2. The van der Waals surface area contributed by atoms with E-state index in [0.717, 1.165) is 25.7 Å². The fourth-order valence-corrected chi connectivity index (χ4v) is 2.92. The van der Waals surface area contributed by atoms with E-state index < -0.39 is 11.1 Å². The topological polar surface area (TPSA) is 46.5 Å². The van der Waals surface area contributed by atoms with Crippen LogP contribution in [-0.2, 0) is 15.8 Å². The third kappa shape index (κ3) is 1.35. The molecule has 2 bridgehead atoms. The molecule has 2 saturated heterocycles. The molecular weight excluding hydrogens is 164 g/mol. The number of rotatable bonds is 2. The maximum atomic E-state index is 10.6. The molecule has 0 amide bonds. The molecule has 0 aromatic rings. The van der Waals surface area contributed by atoms with Crippen molar-refractivity contribution < 1.29 is 13.5 Å². The Bertz CT molecular complexity index is 184. The standard InChI is InChI=1S/C7H12O3S/c8-11(9)5-7-3-1-6(10-7)2-4-7/h6H,1-5H2,(H,8,9). The van der Waals surface area contributed by atoms with Crippen LogP contribution < -0.4 is 0 Å². The molecule has 1 atom stereocenters. The van der Waals surface area contributed by atoms with Crippen LogP contribution in [0.1, 0.15) is 25.7 Å². The summed E-state index contributed by atoms with van der Waals surface area (Å²) in [4.78, 5) is 0. The van der Waals surface area contributed by atoms with Gasteiger partial charge in [-0.3, -0.25) is 0 Å². The van der Waals surface area contributed by atoms with Gasteiger partial charge in [-0.15, -0.1) is 0 Å². The molecule has 0 spiro atoms. The molecule has 2 heterocycles. The Hall–Kier alpha value is 0.0700. The van der Waals surface area contributed by atoms with Gasteiger partial charge in [0, 0.05) is 0 Å². The molecule has 4 heteroatoms. The van der Waals surface area contributed by atoms with Crippen molar-refractivity contribution in [1.82, 2.24) is 0 Å². The van der Waals surface area contributed by atoms with Gasteiger partial charge in [0.1, 0.15) is 0 Å². The Balaban J connectivity index is 2.05. The van der Waals surface area contributed by atoms with Gasteiger partial charge >= 0.3 is 0 Å². The summed E-state index contributed by atoms with van der Waals surface area (Å²) in [7, 11) is 0. The largest absolute Gasteiger partial charge is 0.371 e. The molecule has 2 fully saturated rings. The summed E-state index contributed by atoms with van der Waals surface area (Å²) in [6, 6.07) is 0. The minimum Gasteiger partial charge on any atom is -0.371 e. The van der Waals surface area contributed by atoms with E-state index in [2.05, 4.69) is 0 Å². The van der Waals surface area contributed by atoms with E-state index in [9.17, 15) is 4.21 Å². The van der Waals surface area contributed by atoms with Gasteiger partial charge in [-0.05, 0) is 25.7 Å². The minimum absolute atomic E-state index is 0.218. The quantitative estimate of drug-likeness (QED) is 0.636. The lowest BCUT2D eigenvalue weighted by atomic mass is 9.90. The lowest BCUT2D eigenvalue weighted by Crippen LogP contribution is -2.31. The highest BCUT2D eigenvalue weighted by atomic mass is 32.2. The molecule has 11 heavy (non-hydrogen) atoms. The Kier molecular flexibility index (Phi) is 1.78. The van der Waals surface area contributed by atoms with Gasteiger partial charge in [0.2, 0.25) is 0 Å². The third-order valence-corrected chi connectivity index (χ3v) is 3.42. The second-order valence-corrected chi connectivity index (χ2v) is 4.40. The second kappa shape index (κ2) is 2.54. The zero-order valence-electron chi connectivity index (χ0n) is 6.28. The lowest BCUT2D eigenvalue weighted by molar-refractivity contribution is 0.0307. The van der Waals surface area contributed by atoms with E-state index in [1.807, 2.05) is 0 Å². The summed E-state index contributed by atoms with van der Waals surface area (Å²) in [6.45, 7) is 0. The van der Waals surface area contributed by atoms with E-state index in [0.29, 0.717) is 11.9 Å². The van der Waals surface area contributed by atoms with E-state index >= 15 is 0 Å². The summed E-state index contributed by atoms with van der Waals surface area (Å²) in [5, 5.41) is 0. The van der Waals surface area contributed by atoms with Crippen LogP contribution >= 0.6 is 0 Å². The average Bonchev–Trinajstić information content (AvgIpc) is 2.43. The van der Waals surface area contributed by atoms with Crippen molar-refractivity contribution in [3.8, 4) is 0 Å². The molecule has 1 unspecified atom stereocenters. The van der Waals surface area contributed by atoms with Gasteiger partial charge in [-0.1, -0.05) is 0 Å². The van der Waals surface area contributed by atoms with Crippen molar-refractivity contribution >= 4 is 11.1 Å². The van der Waals surface area contributed by atoms with Crippen LogP contribution in [0.3, 0.4) is 0 Å². The first kappa shape index (κ1) is 7.71. The summed E-state index contributed by atoms with van der Waals surface area (Å²) < 4.78 is 24.9. The van der Waals surface area contributed by atoms with Crippen LogP contribution in [0.25, 0.3) is 0 Å². The van der Waals surface area contributed by atoms with Crippen molar-refractivity contribution in [3.63, 3.8) is 0 Å². The monoisotopic (exact) mass is 176 g/mol. The van der Waals surface area contributed by atoms with Crippen molar-refractivity contribution in [2.45, 2.75) is 37.4 Å². The summed E-state index contributed by atoms with van der Waals surface area (Å²) in [6.07, 6.45) is 4.50. The number of hydrogen-bond donors (Lipinski definition) is 1. The van der Waals surface area contributed by atoms with Gasteiger partial charge in [0.05, 0.1) is 17.5 Å². The molecule has 2 aliphatic rings. The van der Waals surface area contributed by atoms with E-state index in [1.54, 1.807) is 0 Å². The molecule has 2 aliphatic heterocycles. The molecule has 0 aromatic heterocycles. The van der Waals surface area contributed by atoms with E-state index in [4.69, 9.17) is 9.29 Å². The highest BCUT2D eigenvalue weighted by Gasteiger charge is 2.46. The Morgan fingerprint density at radius 2 is 2.18 bits per heavy atom. The first-order chi connectivity index (χ1) is 5.20. The Morgan fingerprint density at radius 1 is 1.55 bits per heavy atom. The third-order valence-electron chi connectivity index (χ3n) is 2.65. The molecule has 2 rings (SSSR count). The maximum absolute atomic E-state index is 10.6. The molecular formula is C7H12O3S. The number of ether oxygens (including phenoxy) is 1. The van der Waals surface area contributed by atoms with E-state index in [-0.39, 0.29) is 5.60 Å². The molecule has 3 nitrogen and oxygen atoms in total. The lowest BCUT2D eigenvalue weighted by Gasteiger charge is -2.21. The fourth-order valence-electron chi connectivity index (χ4n) is 2.11. The van der Waals surface area contributed by atoms with Gasteiger partial charge in [0.15, 0.2) is 11.1 Å². The van der Waals surface area contributed by atoms with Crippen LogP contribution in [0.2, 0.25) is 0 Å². The molecule has 1 N–H and O–H groups in total. The molecule has 0 aromatic carbocycles. The SMILES string of the molecule is O=S(O)CC12CCC(CC1)O2. The average molecular weight is 176 g/mol. The highest BCUT2D eigenvalue weighted by molar-refractivity contribution is 7.79. The summed E-state index contributed by atoms with van der Waals surface area (Å²) in [5.74, 6) is 0.309. The van der Waals surface area contributed by atoms with Crippen molar-refractivity contribution in [3.05, 3.63) is 0 Å². The molecule has 64 valence electrons. The number of hydrogen-bond acceptors (Lipinski definition) is 2. The van der Waals surface area contributed by atoms with Crippen molar-refractivity contribution in [2.75, 3.05) is 5.75 Å². The van der Waals surface area contributed by atoms with Gasteiger partial charge < -0.3 is 9.29 Å². The summed E-state index contributed by atoms with van der Waals surface area (Å²) in [5.41, 5.74) is -0.218. The Morgan fingerprint density at radius 3 is 2.55 bits per heavy atom. The molecule has 0 saturated carbocycles. The van der Waals surface area contributed by atoms with Crippen LogP contribution in [0, 0.1) is 0 Å². The predicted molar refractivity (Wildman–Crippen MR) is 41.7 cm³/mol. The van der Waals surface area contributed by atoms with Crippen LogP contribution in [0.4, 0.5) is 0 Å². The predicted octanol–water partition coefficient (Wildman–Crippen LogP) is 0.920. The highest BCUT2D eigenvalue weighted by Crippen LogP contribution is 2.43. The van der Waals surface area contributed by atoms with Crippen LogP contribution in [0.5, 0.6) is 0 Å². The maximum Gasteiger partial charge on any atom is 0.155 e. The van der Waals surface area contributed by atoms with Gasteiger partial charge in [-0.2, -0.15) is 0 Å². The minimum atomic E-state index is -1.69. The Labute approximate surface area is 68.4 Å². The van der Waals surface area contributed by atoms with Gasteiger partial charge in [-0.25, -0.2) is 4.21 Å². The smallest absolute Gasteiger partial charge is 0.155 e.